The number of halogens is 1. The fourth-order valence-corrected chi connectivity index (χ4v) is 2.99. The predicted octanol–water partition coefficient (Wildman–Crippen LogP) is 3.91. The second-order valence-corrected chi connectivity index (χ2v) is 6.07. The molecule has 0 amide bonds. The van der Waals surface area contributed by atoms with Crippen LogP contribution in [0.25, 0.3) is 28.4 Å². The minimum Gasteiger partial charge on any atom is -0.493 e. The third-order valence-corrected chi connectivity index (χ3v) is 4.32. The van der Waals surface area contributed by atoms with Crippen LogP contribution in [0.3, 0.4) is 0 Å². The van der Waals surface area contributed by atoms with E-state index >= 15 is 0 Å². The number of nitrogens with zero attached hydrogens (tertiary/aromatic N) is 5. The number of methoxy groups -OCH3 is 1. The van der Waals surface area contributed by atoms with Gasteiger partial charge in [0.1, 0.15) is 0 Å². The molecular weight excluding hydrogens is 366 g/mol. The third-order valence-electron chi connectivity index (χ3n) is 4.00. The molecule has 0 aliphatic carbocycles. The van der Waals surface area contributed by atoms with Crippen molar-refractivity contribution in [2.75, 3.05) is 13.7 Å². The Kier molecular flexibility index (Phi) is 4.60. The first-order valence-corrected chi connectivity index (χ1v) is 8.73. The van der Waals surface area contributed by atoms with Crippen molar-refractivity contribution in [3.8, 4) is 34.1 Å². The second kappa shape index (κ2) is 7.20. The molecule has 0 bridgehead atoms. The van der Waals surface area contributed by atoms with E-state index in [-0.39, 0.29) is 0 Å². The highest BCUT2D eigenvalue weighted by Gasteiger charge is 2.18. The summed E-state index contributed by atoms with van der Waals surface area (Å²) in [6.07, 6.45) is 1.68. The van der Waals surface area contributed by atoms with Gasteiger partial charge in [-0.05, 0) is 13.0 Å². The Bertz CT molecular complexity index is 1100. The van der Waals surface area contributed by atoms with Crippen molar-refractivity contribution in [3.63, 3.8) is 0 Å². The van der Waals surface area contributed by atoms with E-state index in [1.54, 1.807) is 30.0 Å². The Morgan fingerprint density at radius 3 is 2.63 bits per heavy atom. The molecule has 0 saturated carbocycles. The van der Waals surface area contributed by atoms with E-state index in [1.165, 1.54) is 0 Å². The van der Waals surface area contributed by atoms with E-state index in [9.17, 15) is 0 Å². The van der Waals surface area contributed by atoms with Crippen LogP contribution < -0.4 is 9.47 Å². The molecule has 4 rings (SSSR count). The largest absolute Gasteiger partial charge is 0.493 e. The van der Waals surface area contributed by atoms with Gasteiger partial charge in [-0.25, -0.2) is 4.98 Å². The summed E-state index contributed by atoms with van der Waals surface area (Å²) in [5.74, 6) is 1.99. The molecule has 2 heterocycles. The van der Waals surface area contributed by atoms with Gasteiger partial charge in [-0.2, -0.15) is 9.61 Å². The van der Waals surface area contributed by atoms with Gasteiger partial charge in [-0.15, -0.1) is 10.2 Å². The van der Waals surface area contributed by atoms with Gasteiger partial charge < -0.3 is 9.47 Å². The van der Waals surface area contributed by atoms with E-state index in [0.29, 0.717) is 40.3 Å². The highest BCUT2D eigenvalue weighted by Crippen LogP contribution is 2.37. The van der Waals surface area contributed by atoms with Gasteiger partial charge in [0.15, 0.2) is 17.3 Å². The third kappa shape index (κ3) is 3.17. The van der Waals surface area contributed by atoms with Crippen LogP contribution in [-0.4, -0.2) is 38.5 Å². The zero-order chi connectivity index (χ0) is 18.8. The van der Waals surface area contributed by atoms with Crippen molar-refractivity contribution >= 4 is 17.4 Å². The minimum absolute atomic E-state index is 0.385. The Morgan fingerprint density at radius 2 is 1.89 bits per heavy atom. The molecule has 8 heteroatoms. The van der Waals surface area contributed by atoms with Crippen LogP contribution >= 0.6 is 11.6 Å². The Balaban J connectivity index is 1.81. The van der Waals surface area contributed by atoms with E-state index in [4.69, 9.17) is 21.1 Å². The number of hydrogen-bond acceptors (Lipinski definition) is 6. The molecule has 0 unspecified atom stereocenters. The lowest BCUT2D eigenvalue weighted by Crippen LogP contribution is -2.00. The first-order valence-electron chi connectivity index (χ1n) is 8.36. The zero-order valence-corrected chi connectivity index (χ0v) is 15.5. The summed E-state index contributed by atoms with van der Waals surface area (Å²) in [6.45, 7) is 2.40. The van der Waals surface area contributed by atoms with Crippen LogP contribution in [0.5, 0.6) is 11.5 Å². The maximum Gasteiger partial charge on any atom is 0.272 e. The SMILES string of the molecule is CCOc1cc(Cl)c(-c2nnc3nc(-c4ccccc4)cnn23)cc1OC. The number of ether oxygens (including phenoxy) is 2. The average molecular weight is 382 g/mol. The molecule has 0 fully saturated rings. The summed E-state index contributed by atoms with van der Waals surface area (Å²) < 4.78 is 12.5. The highest BCUT2D eigenvalue weighted by molar-refractivity contribution is 6.33. The van der Waals surface area contributed by atoms with Crippen molar-refractivity contribution in [1.82, 2.24) is 24.8 Å². The van der Waals surface area contributed by atoms with Gasteiger partial charge in [0, 0.05) is 17.2 Å². The van der Waals surface area contributed by atoms with Gasteiger partial charge in [0.05, 0.1) is 30.6 Å². The van der Waals surface area contributed by atoms with Crippen molar-refractivity contribution in [1.29, 1.82) is 0 Å². The van der Waals surface area contributed by atoms with Crippen LogP contribution in [-0.2, 0) is 0 Å². The quantitative estimate of drug-likeness (QED) is 0.521. The van der Waals surface area contributed by atoms with Gasteiger partial charge in [-0.3, -0.25) is 0 Å². The van der Waals surface area contributed by atoms with E-state index in [1.807, 2.05) is 37.3 Å². The predicted molar refractivity (Wildman–Crippen MR) is 102 cm³/mol. The van der Waals surface area contributed by atoms with Gasteiger partial charge in [-0.1, -0.05) is 41.9 Å². The molecular formula is C19H16ClN5O2. The van der Waals surface area contributed by atoms with Crippen molar-refractivity contribution in [2.45, 2.75) is 6.92 Å². The Labute approximate surface area is 160 Å². The first-order chi connectivity index (χ1) is 13.2. The zero-order valence-electron chi connectivity index (χ0n) is 14.8. The molecule has 7 nitrogen and oxygen atoms in total. The van der Waals surface area contributed by atoms with Crippen LogP contribution in [0.1, 0.15) is 6.92 Å². The van der Waals surface area contributed by atoms with Gasteiger partial charge in [0.2, 0.25) is 0 Å². The van der Waals surface area contributed by atoms with E-state index < -0.39 is 0 Å². The summed E-state index contributed by atoms with van der Waals surface area (Å²) in [6, 6.07) is 13.2. The van der Waals surface area contributed by atoms with Gasteiger partial charge >= 0.3 is 0 Å². The summed E-state index contributed by atoms with van der Waals surface area (Å²) in [7, 11) is 1.57. The highest BCUT2D eigenvalue weighted by atomic mass is 35.5. The molecule has 0 N–H and O–H groups in total. The Morgan fingerprint density at radius 1 is 1.07 bits per heavy atom. The maximum atomic E-state index is 6.45. The Hall–Kier alpha value is -3.19. The fourth-order valence-electron chi connectivity index (χ4n) is 2.75. The minimum atomic E-state index is 0.385. The van der Waals surface area contributed by atoms with Crippen molar-refractivity contribution < 1.29 is 9.47 Å². The van der Waals surface area contributed by atoms with Crippen molar-refractivity contribution in [3.05, 3.63) is 53.7 Å². The monoisotopic (exact) mass is 381 g/mol. The summed E-state index contributed by atoms with van der Waals surface area (Å²) in [5, 5.41) is 13.3. The second-order valence-electron chi connectivity index (χ2n) is 5.66. The maximum absolute atomic E-state index is 6.45. The molecule has 0 saturated heterocycles. The number of benzene rings is 2. The van der Waals surface area contributed by atoms with Crippen LogP contribution in [0.4, 0.5) is 0 Å². The lowest BCUT2D eigenvalue weighted by atomic mass is 10.2. The lowest BCUT2D eigenvalue weighted by molar-refractivity contribution is 0.311. The fraction of sp³-hybridized carbons (Fsp3) is 0.158. The number of rotatable bonds is 5. The molecule has 2 aromatic heterocycles. The van der Waals surface area contributed by atoms with Gasteiger partial charge in [0.25, 0.3) is 5.78 Å². The lowest BCUT2D eigenvalue weighted by Gasteiger charge is -2.12. The topological polar surface area (TPSA) is 74.4 Å². The molecule has 0 spiro atoms. The molecule has 0 atom stereocenters. The molecule has 0 aliphatic heterocycles. The summed E-state index contributed by atoms with van der Waals surface area (Å²) >= 11 is 6.45. The van der Waals surface area contributed by atoms with E-state index in [2.05, 4.69) is 20.3 Å². The van der Waals surface area contributed by atoms with Crippen LogP contribution in [0.15, 0.2) is 48.7 Å². The van der Waals surface area contributed by atoms with Crippen LogP contribution in [0.2, 0.25) is 5.02 Å². The number of fused-ring (bicyclic) bond motifs is 1. The first kappa shape index (κ1) is 17.2. The molecule has 0 radical (unpaired) electrons. The smallest absolute Gasteiger partial charge is 0.272 e. The molecule has 0 aliphatic rings. The summed E-state index contributed by atoms with van der Waals surface area (Å²) in [5.41, 5.74) is 2.31. The van der Waals surface area contributed by atoms with Crippen molar-refractivity contribution in [2.24, 2.45) is 0 Å². The molecule has 2 aromatic carbocycles. The normalized spacial score (nSPS) is 10.9. The number of hydrogen-bond donors (Lipinski definition) is 0. The van der Waals surface area contributed by atoms with E-state index in [0.717, 1.165) is 11.3 Å². The van der Waals surface area contributed by atoms with Crippen LogP contribution in [0, 0.1) is 0 Å². The molecule has 136 valence electrons. The molecule has 4 aromatic rings. The molecule has 27 heavy (non-hydrogen) atoms. The number of aromatic nitrogens is 5. The standard InChI is InChI=1S/C19H16ClN5O2/c1-3-27-17-10-14(20)13(9-16(17)26-2)18-23-24-19-22-15(11-21-25(18)19)12-7-5-4-6-8-12/h4-11H,3H2,1-2H3. The average Bonchev–Trinajstić information content (AvgIpc) is 3.12. The summed E-state index contributed by atoms with van der Waals surface area (Å²) in [4.78, 5) is 4.54.